The van der Waals surface area contributed by atoms with E-state index in [-0.39, 0.29) is 18.3 Å². The van der Waals surface area contributed by atoms with Gasteiger partial charge in [0, 0.05) is 48.5 Å². The average molecular weight is 442 g/mol. The smallest absolute Gasteiger partial charge is 0.168 e. The second kappa shape index (κ2) is 9.11. The molecule has 0 N–H and O–H groups in total. The standard InChI is InChI=1S/C26H27N5O2/c1-30-10-8-23(9-11-30)33-24-5-3-4-19(14-24)26(32)15-22-13-21-12-18(6-7-20(21)16-27-22)25-17-31(2)29-28-25/h3-7,12-14,16-17,23H,8-11,15H2,1-2H3. The first-order chi connectivity index (χ1) is 16.0. The van der Waals surface area contributed by atoms with E-state index in [9.17, 15) is 4.79 Å². The molecule has 1 fully saturated rings. The maximum Gasteiger partial charge on any atom is 0.168 e. The lowest BCUT2D eigenvalue weighted by Crippen LogP contribution is -2.35. The molecule has 0 amide bonds. The fraction of sp³-hybridized carbons (Fsp3) is 0.308. The number of benzene rings is 2. The molecule has 0 unspecified atom stereocenters. The summed E-state index contributed by atoms with van der Waals surface area (Å²) in [5.41, 5.74) is 3.19. The lowest BCUT2D eigenvalue weighted by atomic mass is 10.0. The van der Waals surface area contributed by atoms with E-state index in [4.69, 9.17) is 4.74 Å². The molecular formula is C26H27N5O2. The lowest BCUT2D eigenvalue weighted by molar-refractivity contribution is 0.0988. The second-order valence-corrected chi connectivity index (χ2v) is 8.76. The van der Waals surface area contributed by atoms with Crippen molar-refractivity contribution in [1.29, 1.82) is 0 Å². The van der Waals surface area contributed by atoms with E-state index in [1.807, 2.05) is 61.9 Å². The molecule has 0 spiro atoms. The maximum atomic E-state index is 13.0. The van der Waals surface area contributed by atoms with Gasteiger partial charge < -0.3 is 9.64 Å². The summed E-state index contributed by atoms with van der Waals surface area (Å²) in [6.45, 7) is 2.07. The van der Waals surface area contributed by atoms with Crippen LogP contribution in [0.5, 0.6) is 5.75 Å². The average Bonchev–Trinajstić information content (AvgIpc) is 3.26. The Morgan fingerprint density at radius 3 is 2.70 bits per heavy atom. The zero-order valence-electron chi connectivity index (χ0n) is 18.9. The first-order valence-corrected chi connectivity index (χ1v) is 11.3. The van der Waals surface area contributed by atoms with Crippen molar-refractivity contribution in [3.63, 3.8) is 0 Å². The summed E-state index contributed by atoms with van der Waals surface area (Å²) in [5.74, 6) is 0.788. The van der Waals surface area contributed by atoms with Gasteiger partial charge in [0.25, 0.3) is 0 Å². The molecule has 168 valence electrons. The van der Waals surface area contributed by atoms with Gasteiger partial charge in [0.2, 0.25) is 0 Å². The van der Waals surface area contributed by atoms with Gasteiger partial charge >= 0.3 is 0 Å². The van der Waals surface area contributed by atoms with Crippen molar-refractivity contribution < 1.29 is 9.53 Å². The van der Waals surface area contributed by atoms with Crippen molar-refractivity contribution in [2.45, 2.75) is 25.4 Å². The van der Waals surface area contributed by atoms with Gasteiger partial charge in [0.1, 0.15) is 17.5 Å². The Morgan fingerprint density at radius 2 is 1.91 bits per heavy atom. The van der Waals surface area contributed by atoms with Crippen LogP contribution in [-0.2, 0) is 13.5 Å². The predicted octanol–water partition coefficient (Wildman–Crippen LogP) is 3.93. The van der Waals surface area contributed by atoms with Gasteiger partial charge in [-0.2, -0.15) is 0 Å². The van der Waals surface area contributed by atoms with E-state index >= 15 is 0 Å². The number of ketones is 1. The Bertz CT molecular complexity index is 1290. The van der Waals surface area contributed by atoms with Crippen LogP contribution in [-0.4, -0.2) is 56.9 Å². The first kappa shape index (κ1) is 21.3. The number of likely N-dealkylation sites (tertiary alicyclic amines) is 1. The number of hydrogen-bond donors (Lipinski definition) is 0. The molecule has 3 heterocycles. The summed E-state index contributed by atoms with van der Waals surface area (Å²) >= 11 is 0. The SMILES string of the molecule is CN1CCC(Oc2cccc(C(=O)Cc3cc4cc(-c5cn(C)nn5)ccc4cn3)c2)CC1. The fourth-order valence-electron chi connectivity index (χ4n) is 4.23. The highest BCUT2D eigenvalue weighted by atomic mass is 16.5. The Balaban J connectivity index is 1.31. The monoisotopic (exact) mass is 441 g/mol. The summed E-state index contributed by atoms with van der Waals surface area (Å²) < 4.78 is 7.83. The number of piperidine rings is 1. The van der Waals surface area contributed by atoms with Crippen molar-refractivity contribution >= 4 is 16.6 Å². The van der Waals surface area contributed by atoms with Crippen LogP contribution in [0.4, 0.5) is 0 Å². The molecule has 0 radical (unpaired) electrons. The molecule has 33 heavy (non-hydrogen) atoms. The quantitative estimate of drug-likeness (QED) is 0.422. The van der Waals surface area contributed by atoms with Gasteiger partial charge in [0.05, 0.1) is 12.6 Å². The van der Waals surface area contributed by atoms with Crippen molar-refractivity contribution in [1.82, 2.24) is 24.9 Å². The van der Waals surface area contributed by atoms with Crippen LogP contribution in [0.2, 0.25) is 0 Å². The fourth-order valence-corrected chi connectivity index (χ4v) is 4.23. The molecule has 0 aliphatic carbocycles. The van der Waals surface area contributed by atoms with Gasteiger partial charge in [0.15, 0.2) is 5.78 Å². The molecule has 0 atom stereocenters. The number of aromatic nitrogens is 4. The van der Waals surface area contributed by atoms with Crippen LogP contribution in [0.25, 0.3) is 22.0 Å². The molecule has 7 nitrogen and oxygen atoms in total. The highest BCUT2D eigenvalue weighted by Crippen LogP contribution is 2.24. The third kappa shape index (κ3) is 4.93. The molecular weight excluding hydrogens is 414 g/mol. The number of fused-ring (bicyclic) bond motifs is 1. The topological polar surface area (TPSA) is 73.1 Å². The normalized spacial score (nSPS) is 15.1. The third-order valence-electron chi connectivity index (χ3n) is 6.14. The molecule has 2 aromatic heterocycles. The van der Waals surface area contributed by atoms with Crippen LogP contribution in [0.3, 0.4) is 0 Å². The van der Waals surface area contributed by atoms with Crippen molar-refractivity contribution in [3.8, 4) is 17.0 Å². The van der Waals surface area contributed by atoms with Crippen LogP contribution in [0, 0.1) is 0 Å². The van der Waals surface area contributed by atoms with Gasteiger partial charge in [-0.3, -0.25) is 14.5 Å². The zero-order valence-corrected chi connectivity index (χ0v) is 18.9. The van der Waals surface area contributed by atoms with Gasteiger partial charge in [-0.1, -0.05) is 29.5 Å². The van der Waals surface area contributed by atoms with Gasteiger partial charge in [-0.05, 0) is 49.5 Å². The Morgan fingerprint density at radius 1 is 1.06 bits per heavy atom. The second-order valence-electron chi connectivity index (χ2n) is 8.76. The Kier molecular flexibility index (Phi) is 5.88. The number of aryl methyl sites for hydroxylation is 1. The summed E-state index contributed by atoms with van der Waals surface area (Å²) in [7, 11) is 3.98. The maximum absolute atomic E-state index is 13.0. The van der Waals surface area contributed by atoms with Crippen molar-refractivity contribution in [2.24, 2.45) is 7.05 Å². The van der Waals surface area contributed by atoms with E-state index in [1.54, 1.807) is 4.68 Å². The lowest BCUT2D eigenvalue weighted by Gasteiger charge is -2.29. The molecule has 2 aromatic carbocycles. The molecule has 4 aromatic rings. The number of hydrogen-bond acceptors (Lipinski definition) is 6. The summed E-state index contributed by atoms with van der Waals surface area (Å²) in [6, 6.07) is 15.6. The van der Waals surface area contributed by atoms with Gasteiger partial charge in [-0.15, -0.1) is 5.10 Å². The van der Waals surface area contributed by atoms with E-state index < -0.39 is 0 Å². The van der Waals surface area contributed by atoms with E-state index in [1.165, 1.54) is 0 Å². The highest BCUT2D eigenvalue weighted by Gasteiger charge is 2.18. The summed E-state index contributed by atoms with van der Waals surface area (Å²) in [4.78, 5) is 19.8. The highest BCUT2D eigenvalue weighted by molar-refractivity contribution is 5.98. The predicted molar refractivity (Wildman–Crippen MR) is 127 cm³/mol. The number of rotatable bonds is 6. The summed E-state index contributed by atoms with van der Waals surface area (Å²) in [5, 5.41) is 10.2. The van der Waals surface area contributed by atoms with E-state index in [2.05, 4.69) is 33.3 Å². The van der Waals surface area contributed by atoms with Crippen LogP contribution in [0.1, 0.15) is 28.9 Å². The van der Waals surface area contributed by atoms with E-state index in [0.29, 0.717) is 5.56 Å². The molecule has 1 aliphatic heterocycles. The minimum atomic E-state index is 0.0285. The van der Waals surface area contributed by atoms with Crippen LogP contribution >= 0.6 is 0 Å². The molecule has 5 rings (SSSR count). The molecule has 7 heteroatoms. The Labute approximate surface area is 193 Å². The van der Waals surface area contributed by atoms with Crippen molar-refractivity contribution in [2.75, 3.05) is 20.1 Å². The van der Waals surface area contributed by atoms with E-state index in [0.717, 1.165) is 59.4 Å². The van der Waals surface area contributed by atoms with Crippen LogP contribution < -0.4 is 4.74 Å². The minimum Gasteiger partial charge on any atom is -0.490 e. The molecule has 0 bridgehead atoms. The first-order valence-electron chi connectivity index (χ1n) is 11.3. The third-order valence-corrected chi connectivity index (χ3v) is 6.14. The summed E-state index contributed by atoms with van der Waals surface area (Å²) in [6.07, 6.45) is 6.16. The zero-order chi connectivity index (χ0) is 22.8. The number of nitrogens with zero attached hydrogens (tertiary/aromatic N) is 5. The number of pyridine rings is 1. The molecule has 1 aliphatic rings. The molecule has 1 saturated heterocycles. The van der Waals surface area contributed by atoms with Gasteiger partial charge in [-0.25, -0.2) is 0 Å². The molecule has 0 saturated carbocycles. The largest absolute Gasteiger partial charge is 0.490 e. The number of Topliss-reactive ketones (excluding diaryl/α,β-unsaturated/α-hetero) is 1. The minimum absolute atomic E-state index is 0.0285. The number of ether oxygens (including phenoxy) is 1. The van der Waals surface area contributed by atoms with Crippen LogP contribution in [0.15, 0.2) is 60.9 Å². The number of carbonyl (C=O) groups is 1. The Hall–Kier alpha value is -3.58. The number of carbonyl (C=O) groups excluding carboxylic acids is 1. The van der Waals surface area contributed by atoms with Crippen molar-refractivity contribution in [3.05, 3.63) is 72.2 Å².